The van der Waals surface area contributed by atoms with Crippen LogP contribution in [0.15, 0.2) is 0 Å². The maximum absolute atomic E-state index is 11.6. The second kappa shape index (κ2) is 5.87. The van der Waals surface area contributed by atoms with Crippen LogP contribution in [0.3, 0.4) is 0 Å². The fraction of sp³-hybridized carbons (Fsp3) is 0.833. The minimum absolute atomic E-state index is 0.113. The Hall–Kier alpha value is -1.06. The lowest BCUT2D eigenvalue weighted by molar-refractivity contribution is -0.151. The van der Waals surface area contributed by atoms with Gasteiger partial charge in [0.1, 0.15) is 0 Å². The van der Waals surface area contributed by atoms with Crippen molar-refractivity contribution in [3.05, 3.63) is 0 Å². The van der Waals surface area contributed by atoms with E-state index >= 15 is 0 Å². The Bertz CT molecular complexity index is 257. The van der Waals surface area contributed by atoms with E-state index in [9.17, 15) is 14.7 Å². The molecule has 1 rings (SSSR count). The molecule has 0 heterocycles. The lowest BCUT2D eigenvalue weighted by atomic mass is 9.82. The van der Waals surface area contributed by atoms with Crippen molar-refractivity contribution in [1.29, 1.82) is 0 Å². The maximum atomic E-state index is 11.6. The SMILES string of the molecule is CCCCNC(=O)CC1(C(=O)O)CCCC1. The summed E-state index contributed by atoms with van der Waals surface area (Å²) in [5.74, 6) is -0.923. The van der Waals surface area contributed by atoms with Crippen LogP contribution in [0.4, 0.5) is 0 Å². The first kappa shape index (κ1) is 13.0. The average molecular weight is 227 g/mol. The van der Waals surface area contributed by atoms with Crippen LogP contribution in [0.2, 0.25) is 0 Å². The second-order valence-electron chi connectivity index (χ2n) is 4.67. The van der Waals surface area contributed by atoms with Gasteiger partial charge in [0.05, 0.1) is 5.41 Å². The molecule has 16 heavy (non-hydrogen) atoms. The number of unbranched alkanes of at least 4 members (excludes halogenated alkanes) is 1. The number of carbonyl (C=O) groups is 2. The summed E-state index contributed by atoms with van der Waals surface area (Å²) in [5.41, 5.74) is -0.781. The molecule has 1 fully saturated rings. The number of carbonyl (C=O) groups excluding carboxylic acids is 1. The molecule has 0 aromatic rings. The average Bonchev–Trinajstić information content (AvgIpc) is 2.68. The van der Waals surface area contributed by atoms with Gasteiger partial charge in [-0.25, -0.2) is 0 Å². The van der Waals surface area contributed by atoms with E-state index in [0.717, 1.165) is 25.7 Å². The Morgan fingerprint density at radius 3 is 2.44 bits per heavy atom. The van der Waals surface area contributed by atoms with Gasteiger partial charge < -0.3 is 10.4 Å². The van der Waals surface area contributed by atoms with Gasteiger partial charge in [0.15, 0.2) is 0 Å². The second-order valence-corrected chi connectivity index (χ2v) is 4.67. The van der Waals surface area contributed by atoms with E-state index in [1.54, 1.807) is 0 Å². The maximum Gasteiger partial charge on any atom is 0.310 e. The lowest BCUT2D eigenvalue weighted by Crippen LogP contribution is -2.36. The van der Waals surface area contributed by atoms with Gasteiger partial charge in [-0.15, -0.1) is 0 Å². The van der Waals surface area contributed by atoms with Crippen LogP contribution in [-0.2, 0) is 9.59 Å². The number of carboxylic acids is 1. The van der Waals surface area contributed by atoms with Crippen molar-refractivity contribution in [1.82, 2.24) is 5.32 Å². The van der Waals surface area contributed by atoms with Crippen LogP contribution < -0.4 is 5.32 Å². The molecule has 0 unspecified atom stereocenters. The van der Waals surface area contributed by atoms with E-state index < -0.39 is 11.4 Å². The summed E-state index contributed by atoms with van der Waals surface area (Å²) < 4.78 is 0. The number of nitrogens with one attached hydrogen (secondary N) is 1. The highest BCUT2D eigenvalue weighted by molar-refractivity contribution is 5.85. The van der Waals surface area contributed by atoms with Crippen LogP contribution >= 0.6 is 0 Å². The zero-order valence-corrected chi connectivity index (χ0v) is 9.92. The Kier molecular flexibility index (Phi) is 4.77. The topological polar surface area (TPSA) is 66.4 Å². The van der Waals surface area contributed by atoms with Crippen molar-refractivity contribution in [2.45, 2.75) is 51.9 Å². The molecule has 1 amide bonds. The molecule has 0 radical (unpaired) electrons. The van der Waals surface area contributed by atoms with Crippen molar-refractivity contribution in [2.24, 2.45) is 5.41 Å². The van der Waals surface area contributed by atoms with Gasteiger partial charge in [0.2, 0.25) is 5.91 Å². The molecule has 0 bridgehead atoms. The minimum Gasteiger partial charge on any atom is -0.481 e. The Labute approximate surface area is 96.4 Å². The van der Waals surface area contributed by atoms with E-state index in [0.29, 0.717) is 19.4 Å². The smallest absolute Gasteiger partial charge is 0.310 e. The number of amides is 1. The fourth-order valence-corrected chi connectivity index (χ4v) is 2.29. The predicted octanol–water partition coefficient (Wildman–Crippen LogP) is 1.94. The zero-order valence-electron chi connectivity index (χ0n) is 9.92. The summed E-state index contributed by atoms with van der Waals surface area (Å²) in [6, 6.07) is 0. The molecule has 1 aliphatic carbocycles. The third-order valence-electron chi connectivity index (χ3n) is 3.37. The van der Waals surface area contributed by atoms with Gasteiger partial charge in [-0.1, -0.05) is 26.2 Å². The molecule has 4 heteroatoms. The van der Waals surface area contributed by atoms with Crippen molar-refractivity contribution < 1.29 is 14.7 Å². The first-order valence-electron chi connectivity index (χ1n) is 6.11. The molecular weight excluding hydrogens is 206 g/mol. The molecule has 0 aliphatic heterocycles. The third-order valence-corrected chi connectivity index (χ3v) is 3.37. The van der Waals surface area contributed by atoms with Crippen molar-refractivity contribution in [2.75, 3.05) is 6.54 Å². The van der Waals surface area contributed by atoms with Crippen molar-refractivity contribution in [3.8, 4) is 0 Å². The monoisotopic (exact) mass is 227 g/mol. The first-order valence-corrected chi connectivity index (χ1v) is 6.11. The molecule has 4 nitrogen and oxygen atoms in total. The molecule has 1 saturated carbocycles. The molecule has 0 saturated heterocycles. The summed E-state index contributed by atoms with van der Waals surface area (Å²) in [7, 11) is 0. The highest BCUT2D eigenvalue weighted by Gasteiger charge is 2.42. The van der Waals surface area contributed by atoms with E-state index in [1.165, 1.54) is 0 Å². The number of rotatable bonds is 6. The summed E-state index contributed by atoms with van der Waals surface area (Å²) >= 11 is 0. The number of hydrogen-bond donors (Lipinski definition) is 2. The van der Waals surface area contributed by atoms with Crippen LogP contribution in [-0.4, -0.2) is 23.5 Å². The summed E-state index contributed by atoms with van der Waals surface area (Å²) in [5, 5.41) is 12.0. The quantitative estimate of drug-likeness (QED) is 0.681. The Morgan fingerprint density at radius 2 is 1.94 bits per heavy atom. The zero-order chi connectivity index (χ0) is 12.0. The Morgan fingerprint density at radius 1 is 1.31 bits per heavy atom. The van der Waals surface area contributed by atoms with Gasteiger partial charge in [-0.2, -0.15) is 0 Å². The van der Waals surface area contributed by atoms with Crippen LogP contribution in [0.5, 0.6) is 0 Å². The number of carboxylic acid groups (broad SMARTS) is 1. The molecule has 92 valence electrons. The van der Waals surface area contributed by atoms with Crippen LogP contribution in [0.25, 0.3) is 0 Å². The molecule has 1 aliphatic rings. The van der Waals surface area contributed by atoms with Gasteiger partial charge in [0, 0.05) is 13.0 Å². The minimum atomic E-state index is -0.810. The van der Waals surface area contributed by atoms with E-state index in [4.69, 9.17) is 0 Å². The molecule has 0 aromatic carbocycles. The molecule has 2 N–H and O–H groups in total. The van der Waals surface area contributed by atoms with Crippen molar-refractivity contribution in [3.63, 3.8) is 0 Å². The molecular formula is C12H21NO3. The molecule has 0 spiro atoms. The van der Waals surface area contributed by atoms with Crippen LogP contribution in [0, 0.1) is 5.41 Å². The number of hydrogen-bond acceptors (Lipinski definition) is 2. The largest absolute Gasteiger partial charge is 0.481 e. The van der Waals surface area contributed by atoms with E-state index in [1.807, 2.05) is 0 Å². The summed E-state index contributed by atoms with van der Waals surface area (Å²) in [6.45, 7) is 2.72. The van der Waals surface area contributed by atoms with Gasteiger partial charge >= 0.3 is 5.97 Å². The third kappa shape index (κ3) is 3.22. The fourth-order valence-electron chi connectivity index (χ4n) is 2.29. The number of aliphatic carboxylic acids is 1. The van der Waals surface area contributed by atoms with Gasteiger partial charge in [-0.3, -0.25) is 9.59 Å². The highest BCUT2D eigenvalue weighted by Crippen LogP contribution is 2.41. The van der Waals surface area contributed by atoms with E-state index in [2.05, 4.69) is 12.2 Å². The van der Waals surface area contributed by atoms with Crippen molar-refractivity contribution >= 4 is 11.9 Å². The van der Waals surface area contributed by atoms with Crippen LogP contribution in [0.1, 0.15) is 51.9 Å². The first-order chi connectivity index (χ1) is 7.60. The molecule has 0 atom stereocenters. The normalized spacial score (nSPS) is 18.3. The highest BCUT2D eigenvalue weighted by atomic mass is 16.4. The van der Waals surface area contributed by atoms with E-state index in [-0.39, 0.29) is 12.3 Å². The Balaban J connectivity index is 2.43. The van der Waals surface area contributed by atoms with Gasteiger partial charge in [0.25, 0.3) is 0 Å². The van der Waals surface area contributed by atoms with Gasteiger partial charge in [-0.05, 0) is 19.3 Å². The summed E-state index contributed by atoms with van der Waals surface area (Å²) in [4.78, 5) is 22.8. The standard InChI is InChI=1S/C12H21NO3/c1-2-3-8-13-10(14)9-12(11(15)16)6-4-5-7-12/h2-9H2,1H3,(H,13,14)(H,15,16). The summed E-state index contributed by atoms with van der Waals surface area (Å²) in [6.07, 6.45) is 5.26. The molecule has 0 aromatic heterocycles. The predicted molar refractivity (Wildman–Crippen MR) is 61.1 cm³/mol. The lowest BCUT2D eigenvalue weighted by Gasteiger charge is -2.22.